The Morgan fingerprint density at radius 1 is 1.18 bits per heavy atom. The van der Waals surface area contributed by atoms with Gasteiger partial charge in [0.1, 0.15) is 5.41 Å². The van der Waals surface area contributed by atoms with Crippen LogP contribution in [0.4, 0.5) is 0 Å². The van der Waals surface area contributed by atoms with Crippen molar-refractivity contribution in [1.29, 1.82) is 0 Å². The van der Waals surface area contributed by atoms with Gasteiger partial charge in [0.15, 0.2) is 7.80 Å². The summed E-state index contributed by atoms with van der Waals surface area (Å²) in [6.07, 6.45) is 0.880. The summed E-state index contributed by atoms with van der Waals surface area (Å²) in [7, 11) is -2.76. The van der Waals surface area contributed by atoms with Gasteiger partial charge in [-0.2, -0.15) is 0 Å². The molecule has 0 radical (unpaired) electrons. The first-order valence-electron chi connectivity index (χ1n) is 7.07. The number of rotatable bonds is 3. The average Bonchev–Trinajstić information content (AvgIpc) is 2.83. The van der Waals surface area contributed by atoms with E-state index in [-0.39, 0.29) is 29.6 Å². The van der Waals surface area contributed by atoms with Crippen LogP contribution < -0.4 is 5.30 Å². The van der Waals surface area contributed by atoms with Gasteiger partial charge < -0.3 is 4.57 Å². The molecule has 2 aliphatic rings. The number of hydrogen-bond acceptors (Lipinski definition) is 4. The predicted octanol–water partition coefficient (Wildman–Crippen LogP) is 1.32. The van der Waals surface area contributed by atoms with E-state index in [9.17, 15) is 18.9 Å². The van der Waals surface area contributed by atoms with Gasteiger partial charge in [-0.05, 0) is 18.3 Å². The molecule has 3 atom stereocenters. The number of Topliss-reactive ketones (excluding diaryl/α,β-unsaturated/α-hetero) is 2. The molecule has 0 spiro atoms. The van der Waals surface area contributed by atoms with Gasteiger partial charge in [-0.15, -0.1) is 0 Å². The van der Waals surface area contributed by atoms with Crippen LogP contribution in [0.3, 0.4) is 0 Å². The molecule has 3 unspecified atom stereocenters. The van der Waals surface area contributed by atoms with Gasteiger partial charge in [0.05, 0.1) is 0 Å². The van der Waals surface area contributed by atoms with Crippen molar-refractivity contribution in [2.45, 2.75) is 26.7 Å². The van der Waals surface area contributed by atoms with Crippen LogP contribution in [-0.2, 0) is 18.9 Å². The third-order valence-corrected chi connectivity index (χ3v) is 7.03. The first kappa shape index (κ1) is 17.8. The Hall–Kier alpha value is -0.540. The zero-order valence-electron chi connectivity index (χ0n) is 12.0. The summed E-state index contributed by atoms with van der Waals surface area (Å²) in [5, 5.41) is 0.452. The van der Waals surface area contributed by atoms with Crippen LogP contribution in [-0.4, -0.2) is 46.6 Å². The first-order chi connectivity index (χ1) is 9.84. The van der Waals surface area contributed by atoms with E-state index in [2.05, 4.69) is 0 Å². The molecular weight excluding hydrogens is 310 g/mol. The number of carbonyl (C=O) groups is 3. The monoisotopic (exact) mass is 328 g/mol. The number of hydrogen-bond donors (Lipinski definition) is 0. The molecule has 2 aliphatic carbocycles. The molecule has 4 nitrogen and oxygen atoms in total. The van der Waals surface area contributed by atoms with Crippen LogP contribution in [0.2, 0.25) is 0 Å². The van der Waals surface area contributed by atoms with Crippen molar-refractivity contribution in [3.05, 3.63) is 30.3 Å². The third-order valence-electron chi connectivity index (χ3n) is 5.34. The summed E-state index contributed by atoms with van der Waals surface area (Å²) in [6.45, 7) is 3.57. The van der Waals surface area contributed by atoms with Crippen molar-refractivity contribution < 1.29 is 18.9 Å². The van der Waals surface area contributed by atoms with E-state index in [4.69, 9.17) is 0 Å². The van der Waals surface area contributed by atoms with Crippen molar-refractivity contribution in [3.63, 3.8) is 0 Å². The van der Waals surface area contributed by atoms with Crippen LogP contribution >= 0.6 is 7.80 Å². The maximum atomic E-state index is 12.9. The second-order valence-electron chi connectivity index (χ2n) is 6.44. The topological polar surface area (TPSA) is 68.3 Å². The van der Waals surface area contributed by atoms with E-state index in [1.807, 2.05) is 0 Å². The Morgan fingerprint density at radius 2 is 1.77 bits per heavy atom. The van der Waals surface area contributed by atoms with Gasteiger partial charge in [0, 0.05) is 11.2 Å². The molecular formula is C16H18NaO4P. The van der Waals surface area contributed by atoms with E-state index < -0.39 is 41.6 Å². The molecule has 22 heavy (non-hydrogen) atoms. The molecule has 2 saturated carbocycles. The number of benzene rings is 1. The van der Waals surface area contributed by atoms with Crippen LogP contribution in [0.5, 0.6) is 0 Å². The second-order valence-corrected chi connectivity index (χ2v) is 8.13. The summed E-state index contributed by atoms with van der Waals surface area (Å²) in [5.74, 6) is -1.48. The molecule has 1 aromatic rings. The Kier molecular flexibility index (Phi) is 4.72. The van der Waals surface area contributed by atoms with Gasteiger partial charge in [-0.25, -0.2) is 0 Å². The molecule has 6 heteroatoms. The van der Waals surface area contributed by atoms with Crippen molar-refractivity contribution in [2.24, 2.45) is 16.7 Å². The van der Waals surface area contributed by atoms with Gasteiger partial charge >= 0.3 is 29.6 Å². The Balaban J connectivity index is 0.00000176. The fraction of sp³-hybridized carbons (Fsp3) is 0.438. The number of fused-ring (bicyclic) bond motifs is 2. The zero-order chi connectivity index (χ0) is 15.4. The summed E-state index contributed by atoms with van der Waals surface area (Å²) >= 11 is 0. The number of ketones is 2. The van der Waals surface area contributed by atoms with Crippen LogP contribution in [0, 0.1) is 16.7 Å². The molecule has 1 aromatic carbocycles. The van der Waals surface area contributed by atoms with Gasteiger partial charge in [0.25, 0.3) is 0 Å². The molecule has 0 saturated heterocycles. The molecule has 112 valence electrons. The molecule has 0 N–H and O–H groups in total. The van der Waals surface area contributed by atoms with E-state index in [0.29, 0.717) is 18.1 Å². The van der Waals surface area contributed by atoms with Gasteiger partial charge in [-0.3, -0.25) is 14.4 Å². The van der Waals surface area contributed by atoms with Gasteiger partial charge in [-0.1, -0.05) is 44.2 Å². The number of carbonyl (C=O) groups excluding carboxylic acids is 3. The van der Waals surface area contributed by atoms with Crippen LogP contribution in [0.25, 0.3) is 0 Å². The maximum absolute atomic E-state index is 12.9. The van der Waals surface area contributed by atoms with Crippen molar-refractivity contribution in [2.75, 3.05) is 0 Å². The average molecular weight is 328 g/mol. The van der Waals surface area contributed by atoms with Crippen LogP contribution in [0.15, 0.2) is 30.3 Å². The minimum absolute atomic E-state index is 0. The molecule has 2 bridgehead atoms. The predicted molar refractivity (Wildman–Crippen MR) is 86.2 cm³/mol. The normalized spacial score (nSPS) is 30.0. The standard InChI is InChI=1S/C16H17O4P.Na.H/c1-15(2)11-8-9-16(15,13(18)12(11)17)14(19)21(20)10-6-4-3-5-7-10;;/h3-7,11,21H,8-9H2,1-2H3;;. The molecule has 2 fully saturated rings. The summed E-state index contributed by atoms with van der Waals surface area (Å²) < 4.78 is 12.6. The Morgan fingerprint density at radius 3 is 2.27 bits per heavy atom. The van der Waals surface area contributed by atoms with Crippen LogP contribution in [0.1, 0.15) is 26.7 Å². The van der Waals surface area contributed by atoms with E-state index in [1.165, 1.54) is 0 Å². The molecule has 0 amide bonds. The molecule has 3 rings (SSSR count). The fourth-order valence-electron chi connectivity index (χ4n) is 4.00. The summed E-state index contributed by atoms with van der Waals surface area (Å²) in [5.41, 5.74) is -2.64. The second kappa shape index (κ2) is 5.83. The SMILES string of the molecule is CC1(C)C2CCC1(C(=O)[PH](=O)c1ccccc1)C(=O)C2=O.[NaH]. The van der Waals surface area contributed by atoms with E-state index >= 15 is 0 Å². The summed E-state index contributed by atoms with van der Waals surface area (Å²) in [4.78, 5) is 37.3. The van der Waals surface area contributed by atoms with Crippen molar-refractivity contribution in [3.8, 4) is 0 Å². The Bertz CT molecular complexity index is 683. The van der Waals surface area contributed by atoms with Crippen molar-refractivity contribution in [1.82, 2.24) is 0 Å². The molecule has 0 aromatic heterocycles. The van der Waals surface area contributed by atoms with E-state index in [1.54, 1.807) is 44.2 Å². The Labute approximate surface area is 152 Å². The third kappa shape index (κ3) is 2.08. The van der Waals surface area contributed by atoms with Gasteiger partial charge in [0.2, 0.25) is 17.1 Å². The van der Waals surface area contributed by atoms with Crippen molar-refractivity contribution >= 4 is 59.8 Å². The minimum atomic E-state index is -2.76. The van der Waals surface area contributed by atoms with E-state index in [0.717, 1.165) is 0 Å². The molecule has 0 aliphatic heterocycles. The molecule has 0 heterocycles. The quantitative estimate of drug-likeness (QED) is 0.363. The fourth-order valence-corrected chi connectivity index (χ4v) is 5.70. The summed E-state index contributed by atoms with van der Waals surface area (Å²) in [6, 6.07) is 8.48. The zero-order valence-corrected chi connectivity index (χ0v) is 13.0. The first-order valence-corrected chi connectivity index (χ1v) is 8.47.